The van der Waals surface area contributed by atoms with Gasteiger partial charge in [-0.1, -0.05) is 11.2 Å². The Morgan fingerprint density at radius 1 is 1.18 bits per heavy atom. The summed E-state index contributed by atoms with van der Waals surface area (Å²) in [5, 5.41) is 4.76. The predicted octanol–water partition coefficient (Wildman–Crippen LogP) is 2.36. The predicted molar refractivity (Wildman–Crippen MR) is 101 cm³/mol. The van der Waals surface area contributed by atoms with Crippen LogP contribution in [0.4, 0.5) is 0 Å². The number of rotatable bonds is 2. The molecule has 1 fully saturated rings. The highest BCUT2D eigenvalue weighted by Gasteiger charge is 2.32. The van der Waals surface area contributed by atoms with Crippen molar-refractivity contribution in [2.75, 3.05) is 19.6 Å². The van der Waals surface area contributed by atoms with Crippen molar-refractivity contribution in [1.82, 2.24) is 24.9 Å². The molecule has 0 spiro atoms. The van der Waals surface area contributed by atoms with E-state index >= 15 is 0 Å². The molecule has 28 heavy (non-hydrogen) atoms. The van der Waals surface area contributed by atoms with Crippen molar-refractivity contribution in [1.29, 1.82) is 0 Å². The van der Waals surface area contributed by atoms with Crippen LogP contribution in [0.2, 0.25) is 0 Å². The van der Waals surface area contributed by atoms with E-state index in [9.17, 15) is 9.59 Å². The van der Waals surface area contributed by atoms with Gasteiger partial charge in [-0.15, -0.1) is 0 Å². The maximum Gasteiger partial charge on any atom is 0.253 e. The van der Waals surface area contributed by atoms with E-state index in [2.05, 4.69) is 15.1 Å². The normalized spacial score (nSPS) is 17.6. The number of hydrogen-bond acceptors (Lipinski definition) is 6. The highest BCUT2D eigenvalue weighted by molar-refractivity contribution is 5.98. The van der Waals surface area contributed by atoms with E-state index in [4.69, 9.17) is 4.52 Å². The van der Waals surface area contributed by atoms with Crippen LogP contribution in [0.15, 0.2) is 41.1 Å². The zero-order valence-electron chi connectivity index (χ0n) is 15.8. The Morgan fingerprint density at radius 2 is 2.04 bits per heavy atom. The van der Waals surface area contributed by atoms with Crippen molar-refractivity contribution in [3.8, 4) is 0 Å². The molecule has 2 aromatic heterocycles. The van der Waals surface area contributed by atoms with Crippen LogP contribution < -0.4 is 0 Å². The van der Waals surface area contributed by atoms with E-state index in [1.54, 1.807) is 29.0 Å². The average Bonchev–Trinajstić information content (AvgIpc) is 3.00. The number of amides is 2. The molecular weight excluding hydrogens is 358 g/mol. The minimum Gasteiger partial charge on any atom is -0.337 e. The third kappa shape index (κ3) is 3.45. The highest BCUT2D eigenvalue weighted by Crippen LogP contribution is 2.27. The zero-order chi connectivity index (χ0) is 19.7. The molecule has 8 heteroatoms. The lowest BCUT2D eigenvalue weighted by Crippen LogP contribution is -2.37. The van der Waals surface area contributed by atoms with E-state index in [0.29, 0.717) is 43.3 Å². The number of carbonyl (C=O) groups excluding carboxylic acids is 2. The number of benzene rings is 1. The number of carbonyl (C=O) groups is 2. The highest BCUT2D eigenvalue weighted by atomic mass is 16.5. The van der Waals surface area contributed by atoms with E-state index in [1.807, 2.05) is 24.3 Å². The van der Waals surface area contributed by atoms with E-state index in [0.717, 1.165) is 10.9 Å². The number of hydrogen-bond donors (Lipinski definition) is 0. The largest absolute Gasteiger partial charge is 0.337 e. The summed E-state index contributed by atoms with van der Waals surface area (Å²) in [5.41, 5.74) is 1.46. The van der Waals surface area contributed by atoms with Gasteiger partial charge < -0.3 is 14.3 Å². The van der Waals surface area contributed by atoms with Crippen LogP contribution >= 0.6 is 0 Å². The lowest BCUT2D eigenvalue weighted by atomic mass is 10.1. The van der Waals surface area contributed by atoms with Crippen molar-refractivity contribution < 1.29 is 14.1 Å². The van der Waals surface area contributed by atoms with Gasteiger partial charge in [-0.2, -0.15) is 4.98 Å². The first-order valence-corrected chi connectivity index (χ1v) is 9.24. The van der Waals surface area contributed by atoms with Crippen LogP contribution in [0.1, 0.15) is 41.5 Å². The molecule has 4 rings (SSSR count). The molecule has 3 heterocycles. The van der Waals surface area contributed by atoms with Gasteiger partial charge >= 0.3 is 0 Å². The fourth-order valence-corrected chi connectivity index (χ4v) is 3.61. The molecule has 0 aliphatic carbocycles. The van der Waals surface area contributed by atoms with Crippen LogP contribution in [-0.2, 0) is 4.79 Å². The van der Waals surface area contributed by atoms with Gasteiger partial charge in [0.25, 0.3) is 5.91 Å². The summed E-state index contributed by atoms with van der Waals surface area (Å²) >= 11 is 0. The average molecular weight is 379 g/mol. The zero-order valence-corrected chi connectivity index (χ0v) is 15.8. The van der Waals surface area contributed by atoms with Crippen molar-refractivity contribution in [2.45, 2.75) is 26.3 Å². The van der Waals surface area contributed by atoms with Gasteiger partial charge in [0.1, 0.15) is 6.04 Å². The summed E-state index contributed by atoms with van der Waals surface area (Å²) in [4.78, 5) is 37.3. The number of pyridine rings is 1. The number of fused-ring (bicyclic) bond motifs is 1. The maximum atomic E-state index is 13.1. The Morgan fingerprint density at radius 3 is 2.79 bits per heavy atom. The van der Waals surface area contributed by atoms with Gasteiger partial charge in [0.05, 0.1) is 5.52 Å². The Kier molecular flexibility index (Phi) is 4.77. The molecule has 1 aliphatic rings. The van der Waals surface area contributed by atoms with Crippen LogP contribution in [-0.4, -0.2) is 56.4 Å². The molecule has 2 amide bonds. The second-order valence-corrected chi connectivity index (χ2v) is 6.90. The fraction of sp³-hybridized carbons (Fsp3) is 0.350. The molecule has 1 unspecified atom stereocenters. The summed E-state index contributed by atoms with van der Waals surface area (Å²) in [6.45, 7) is 4.63. The number of aromatic nitrogens is 3. The summed E-state index contributed by atoms with van der Waals surface area (Å²) in [6, 6.07) is 8.97. The SMILES string of the molecule is CC(=O)N1CCN(C(=O)c2ccc3ncccc3c2)CCC1c1nc(C)no1. The molecule has 0 radical (unpaired) electrons. The third-order valence-corrected chi connectivity index (χ3v) is 5.03. The molecule has 3 aromatic rings. The molecular formula is C20H21N5O3. The summed E-state index contributed by atoms with van der Waals surface area (Å²) in [7, 11) is 0. The Labute approximate surface area is 162 Å². The number of aryl methyl sites for hydroxylation is 1. The summed E-state index contributed by atoms with van der Waals surface area (Å²) in [5.74, 6) is 0.808. The van der Waals surface area contributed by atoms with Crippen molar-refractivity contribution >= 4 is 22.7 Å². The van der Waals surface area contributed by atoms with Gasteiger partial charge in [0.2, 0.25) is 11.8 Å². The van der Waals surface area contributed by atoms with Gasteiger partial charge in [-0.3, -0.25) is 14.6 Å². The molecule has 8 nitrogen and oxygen atoms in total. The lowest BCUT2D eigenvalue weighted by molar-refractivity contribution is -0.131. The second kappa shape index (κ2) is 7.38. The first-order chi connectivity index (χ1) is 13.5. The molecule has 1 atom stereocenters. The van der Waals surface area contributed by atoms with Crippen LogP contribution in [0.25, 0.3) is 10.9 Å². The topological polar surface area (TPSA) is 92.4 Å². The standard InChI is InChI=1S/C20H21N5O3/c1-13-22-19(28-23-13)18-7-9-24(10-11-25(18)14(2)26)20(27)16-5-6-17-15(12-16)4-3-8-21-17/h3-6,8,12,18H,7,9-11H2,1-2H3. The smallest absolute Gasteiger partial charge is 0.253 e. The van der Waals surface area contributed by atoms with Gasteiger partial charge in [-0.05, 0) is 37.6 Å². The monoisotopic (exact) mass is 379 g/mol. The van der Waals surface area contributed by atoms with Crippen molar-refractivity contribution in [3.05, 3.63) is 53.8 Å². The van der Waals surface area contributed by atoms with E-state index in [1.165, 1.54) is 6.92 Å². The minimum atomic E-state index is -0.322. The maximum absolute atomic E-state index is 13.1. The van der Waals surface area contributed by atoms with Crippen LogP contribution in [0.5, 0.6) is 0 Å². The van der Waals surface area contributed by atoms with Gasteiger partial charge in [-0.25, -0.2) is 0 Å². The Bertz CT molecular complexity index is 1030. The number of nitrogens with zero attached hydrogens (tertiary/aromatic N) is 5. The van der Waals surface area contributed by atoms with Gasteiger partial charge in [0, 0.05) is 43.7 Å². The van der Waals surface area contributed by atoms with Gasteiger partial charge in [0.15, 0.2) is 5.82 Å². The molecule has 0 bridgehead atoms. The van der Waals surface area contributed by atoms with E-state index in [-0.39, 0.29) is 17.9 Å². The van der Waals surface area contributed by atoms with Crippen LogP contribution in [0.3, 0.4) is 0 Å². The lowest BCUT2D eigenvalue weighted by Gasteiger charge is -2.25. The molecule has 0 N–H and O–H groups in total. The van der Waals surface area contributed by atoms with E-state index < -0.39 is 0 Å². The van der Waals surface area contributed by atoms with Crippen molar-refractivity contribution in [2.24, 2.45) is 0 Å². The summed E-state index contributed by atoms with van der Waals surface area (Å²) in [6.07, 6.45) is 2.27. The summed E-state index contributed by atoms with van der Waals surface area (Å²) < 4.78 is 5.30. The Balaban J connectivity index is 1.57. The first kappa shape index (κ1) is 18.1. The third-order valence-electron chi connectivity index (χ3n) is 5.03. The molecule has 144 valence electrons. The molecule has 0 saturated carbocycles. The molecule has 1 saturated heterocycles. The fourth-order valence-electron chi connectivity index (χ4n) is 3.61. The Hall–Kier alpha value is -3.29. The quantitative estimate of drug-likeness (QED) is 0.679. The minimum absolute atomic E-state index is 0.0587. The van der Waals surface area contributed by atoms with Crippen molar-refractivity contribution in [3.63, 3.8) is 0 Å². The van der Waals surface area contributed by atoms with Crippen LogP contribution in [0, 0.1) is 6.92 Å². The second-order valence-electron chi connectivity index (χ2n) is 6.90. The first-order valence-electron chi connectivity index (χ1n) is 9.24. The molecule has 1 aromatic carbocycles. The molecule has 1 aliphatic heterocycles.